The Balaban J connectivity index is 2.16. The third-order valence-electron chi connectivity index (χ3n) is 2.87. The van der Waals surface area contributed by atoms with E-state index in [1.54, 1.807) is 41.5 Å². The molecule has 2 rings (SSSR count). The number of carbonyl (C=O) groups is 2. The Morgan fingerprint density at radius 1 is 0.786 bits per heavy atom. The number of hydrogen-bond acceptors (Lipinski definition) is 6. The average Bonchev–Trinajstić information content (AvgIpc) is 3.17. The van der Waals surface area contributed by atoms with Crippen LogP contribution in [-0.4, -0.2) is 42.5 Å². The smallest absolute Gasteiger partial charge is 0.420 e. The maximum Gasteiger partial charge on any atom is 0.420 e. The second-order valence-corrected chi connectivity index (χ2v) is 7.70. The first-order chi connectivity index (χ1) is 13.0. The Labute approximate surface area is 163 Å². The molecule has 2 heterocycles. The maximum atomic E-state index is 12.1. The molecule has 8 heteroatoms. The molecular formula is C20H22N4O4. The van der Waals surface area contributed by atoms with Gasteiger partial charge in [0.2, 0.25) is 0 Å². The van der Waals surface area contributed by atoms with Crippen LogP contribution < -0.4 is 0 Å². The minimum absolute atomic E-state index is 0.194. The van der Waals surface area contributed by atoms with Crippen LogP contribution in [-0.2, 0) is 9.47 Å². The van der Waals surface area contributed by atoms with Crippen molar-refractivity contribution in [2.45, 2.75) is 52.7 Å². The summed E-state index contributed by atoms with van der Waals surface area (Å²) in [7, 11) is 0. The summed E-state index contributed by atoms with van der Waals surface area (Å²) in [5, 5.41) is 0. The molecule has 0 saturated carbocycles. The van der Waals surface area contributed by atoms with Crippen molar-refractivity contribution in [2.75, 3.05) is 0 Å². The fraction of sp³-hybridized carbons (Fsp3) is 0.400. The van der Waals surface area contributed by atoms with E-state index in [2.05, 4.69) is 33.6 Å². The van der Waals surface area contributed by atoms with Crippen molar-refractivity contribution >= 4 is 12.2 Å². The van der Waals surface area contributed by atoms with Gasteiger partial charge in [0, 0.05) is 24.8 Å². The normalized spacial score (nSPS) is 10.9. The Morgan fingerprint density at radius 2 is 1.14 bits per heavy atom. The van der Waals surface area contributed by atoms with Crippen molar-refractivity contribution in [3.63, 3.8) is 0 Å². The van der Waals surface area contributed by atoms with Crippen molar-refractivity contribution in [3.8, 4) is 23.7 Å². The molecule has 0 atom stereocenters. The lowest BCUT2D eigenvalue weighted by Gasteiger charge is -2.19. The van der Waals surface area contributed by atoms with Gasteiger partial charge in [0.1, 0.15) is 11.2 Å². The molecule has 0 N–H and O–H groups in total. The van der Waals surface area contributed by atoms with E-state index in [1.165, 1.54) is 33.9 Å². The van der Waals surface area contributed by atoms with Gasteiger partial charge in [-0.1, -0.05) is 0 Å². The largest absolute Gasteiger partial charge is 0.443 e. The zero-order valence-electron chi connectivity index (χ0n) is 16.7. The van der Waals surface area contributed by atoms with Crippen LogP contribution in [0.5, 0.6) is 0 Å². The Bertz CT molecular complexity index is 913. The molecule has 0 saturated heterocycles. The van der Waals surface area contributed by atoms with E-state index in [0.29, 0.717) is 0 Å². The van der Waals surface area contributed by atoms with Gasteiger partial charge >= 0.3 is 12.2 Å². The van der Waals surface area contributed by atoms with Gasteiger partial charge < -0.3 is 9.47 Å². The number of nitrogens with zero attached hydrogens (tertiary/aromatic N) is 4. The first-order valence-corrected chi connectivity index (χ1v) is 8.52. The first-order valence-electron chi connectivity index (χ1n) is 8.52. The summed E-state index contributed by atoms with van der Waals surface area (Å²) in [6.07, 6.45) is 4.64. The number of imidazole rings is 2. The van der Waals surface area contributed by atoms with Crippen molar-refractivity contribution < 1.29 is 19.1 Å². The van der Waals surface area contributed by atoms with E-state index >= 15 is 0 Å². The number of hydrogen-bond donors (Lipinski definition) is 0. The highest BCUT2D eigenvalue weighted by Crippen LogP contribution is 2.10. The van der Waals surface area contributed by atoms with Crippen LogP contribution in [0.3, 0.4) is 0 Å². The fourth-order valence-electron chi connectivity index (χ4n) is 1.88. The van der Waals surface area contributed by atoms with Gasteiger partial charge in [-0.25, -0.2) is 28.7 Å². The van der Waals surface area contributed by atoms with Crippen LogP contribution in [0.25, 0.3) is 0 Å². The average molecular weight is 382 g/mol. The summed E-state index contributed by atoms with van der Waals surface area (Å²) >= 11 is 0. The van der Waals surface area contributed by atoms with Crippen LogP contribution >= 0.6 is 0 Å². The van der Waals surface area contributed by atoms with Crippen molar-refractivity contribution in [2.24, 2.45) is 0 Å². The molecule has 0 aromatic carbocycles. The molecule has 28 heavy (non-hydrogen) atoms. The molecule has 0 unspecified atom stereocenters. The van der Waals surface area contributed by atoms with Gasteiger partial charge in [-0.15, -0.1) is 0 Å². The lowest BCUT2D eigenvalue weighted by molar-refractivity contribution is 0.0524. The molecule has 2 aromatic heterocycles. The standard InChI is InChI=1S/C20H22N4O4/c1-19(2,3)27-17(25)23-13-11-21-15(23)9-7-8-10-16-22-12-14-24(16)18(26)28-20(4,5)6/h11-14H,1-6H3. The monoisotopic (exact) mass is 382 g/mol. The molecule has 2 aromatic rings. The topological polar surface area (TPSA) is 88.2 Å². The molecule has 8 nitrogen and oxygen atoms in total. The van der Waals surface area contributed by atoms with Gasteiger partial charge in [0.15, 0.2) is 11.6 Å². The molecule has 0 aliphatic rings. The Kier molecular flexibility index (Phi) is 5.95. The van der Waals surface area contributed by atoms with E-state index < -0.39 is 23.4 Å². The summed E-state index contributed by atoms with van der Waals surface area (Å²) in [5.41, 5.74) is -1.27. The van der Waals surface area contributed by atoms with Crippen LogP contribution in [0.2, 0.25) is 0 Å². The lowest BCUT2D eigenvalue weighted by Crippen LogP contribution is -2.27. The highest BCUT2D eigenvalue weighted by Gasteiger charge is 2.20. The highest BCUT2D eigenvalue weighted by atomic mass is 16.6. The van der Waals surface area contributed by atoms with Crippen LogP contribution in [0.15, 0.2) is 24.8 Å². The lowest BCUT2D eigenvalue weighted by atomic mass is 10.2. The van der Waals surface area contributed by atoms with Gasteiger partial charge in [0.05, 0.1) is 0 Å². The summed E-state index contributed by atoms with van der Waals surface area (Å²) in [5.74, 6) is 10.9. The summed E-state index contributed by atoms with van der Waals surface area (Å²) in [6, 6.07) is 0. The first kappa shape index (κ1) is 20.8. The summed E-state index contributed by atoms with van der Waals surface area (Å²) in [4.78, 5) is 32.3. The minimum Gasteiger partial charge on any atom is -0.443 e. The van der Waals surface area contributed by atoms with Gasteiger partial charge in [-0.2, -0.15) is 0 Å². The van der Waals surface area contributed by atoms with Crippen LogP contribution in [0.1, 0.15) is 53.2 Å². The third kappa shape index (κ3) is 6.03. The number of aromatic nitrogens is 4. The maximum absolute atomic E-state index is 12.1. The van der Waals surface area contributed by atoms with Crippen LogP contribution in [0.4, 0.5) is 9.59 Å². The van der Waals surface area contributed by atoms with E-state index in [4.69, 9.17) is 9.47 Å². The second kappa shape index (κ2) is 8.01. The third-order valence-corrected chi connectivity index (χ3v) is 2.87. The van der Waals surface area contributed by atoms with E-state index in [1.807, 2.05) is 0 Å². The second-order valence-electron chi connectivity index (χ2n) is 7.70. The minimum atomic E-state index is -0.634. The predicted octanol–water partition coefficient (Wildman–Crippen LogP) is 3.05. The Morgan fingerprint density at radius 3 is 1.46 bits per heavy atom. The fourth-order valence-corrected chi connectivity index (χ4v) is 1.88. The van der Waals surface area contributed by atoms with E-state index in [0.717, 1.165) is 0 Å². The van der Waals surface area contributed by atoms with Gasteiger partial charge in [-0.05, 0) is 65.2 Å². The summed E-state index contributed by atoms with van der Waals surface area (Å²) in [6.45, 7) is 10.6. The highest BCUT2D eigenvalue weighted by molar-refractivity contribution is 5.73. The van der Waals surface area contributed by atoms with Crippen LogP contribution in [0, 0.1) is 23.7 Å². The molecule has 0 spiro atoms. The SMILES string of the molecule is CC(C)(C)OC(=O)n1ccnc1C#CC#Cc1nccn1C(=O)OC(C)(C)C. The molecule has 0 amide bonds. The number of rotatable bonds is 0. The van der Waals surface area contributed by atoms with Gasteiger partial charge in [-0.3, -0.25) is 0 Å². The van der Waals surface area contributed by atoms with E-state index in [-0.39, 0.29) is 11.6 Å². The predicted molar refractivity (Wildman–Crippen MR) is 101 cm³/mol. The van der Waals surface area contributed by atoms with Crippen molar-refractivity contribution in [1.29, 1.82) is 0 Å². The van der Waals surface area contributed by atoms with E-state index in [9.17, 15) is 9.59 Å². The molecule has 146 valence electrons. The summed E-state index contributed by atoms with van der Waals surface area (Å²) < 4.78 is 13.0. The van der Waals surface area contributed by atoms with Crippen molar-refractivity contribution in [1.82, 2.24) is 19.1 Å². The molecule has 0 aliphatic heterocycles. The number of ether oxygens (including phenoxy) is 2. The molecule has 0 radical (unpaired) electrons. The molecule has 0 aliphatic carbocycles. The molecule has 0 fully saturated rings. The number of carbonyl (C=O) groups excluding carboxylic acids is 2. The molecule has 0 bridgehead atoms. The zero-order valence-corrected chi connectivity index (χ0v) is 16.7. The Hall–Kier alpha value is -3.52. The zero-order chi connectivity index (χ0) is 20.9. The molecular weight excluding hydrogens is 360 g/mol. The van der Waals surface area contributed by atoms with Crippen molar-refractivity contribution in [3.05, 3.63) is 36.4 Å². The van der Waals surface area contributed by atoms with Gasteiger partial charge in [0.25, 0.3) is 0 Å². The quantitative estimate of drug-likeness (QED) is 0.651.